The van der Waals surface area contributed by atoms with Gasteiger partial charge in [0, 0.05) is 22.4 Å². The first-order valence-electron chi connectivity index (χ1n) is 6.87. The zero-order valence-corrected chi connectivity index (χ0v) is 13.7. The topological polar surface area (TPSA) is 54.9 Å². The summed E-state index contributed by atoms with van der Waals surface area (Å²) in [5.41, 5.74) is 0.718. The average molecular weight is 390 g/mol. The highest BCUT2D eigenvalue weighted by Gasteiger charge is 2.11. The fraction of sp³-hybridized carbons (Fsp3) is 0. The Labute approximate surface area is 144 Å². The Morgan fingerprint density at radius 3 is 2.46 bits per heavy atom. The Morgan fingerprint density at radius 2 is 1.79 bits per heavy atom. The number of aromatic nitrogens is 2. The maximum Gasteiger partial charge on any atom is 0.258 e. The fourth-order valence-corrected chi connectivity index (χ4v) is 2.34. The summed E-state index contributed by atoms with van der Waals surface area (Å²) < 4.78 is 27.5. The largest absolute Gasteiger partial charge is 0.319 e. The van der Waals surface area contributed by atoms with E-state index in [9.17, 15) is 13.6 Å². The van der Waals surface area contributed by atoms with E-state index in [1.165, 1.54) is 36.7 Å². The second kappa shape index (κ2) is 6.84. The summed E-state index contributed by atoms with van der Waals surface area (Å²) in [4.78, 5) is 20.2. The molecule has 1 N–H and O–H groups in total. The van der Waals surface area contributed by atoms with Crippen LogP contribution >= 0.6 is 15.9 Å². The number of halogens is 3. The van der Waals surface area contributed by atoms with Gasteiger partial charge in [-0.25, -0.2) is 18.7 Å². The molecule has 120 valence electrons. The van der Waals surface area contributed by atoms with Gasteiger partial charge in [-0.1, -0.05) is 28.1 Å². The third-order valence-corrected chi connectivity index (χ3v) is 3.67. The van der Waals surface area contributed by atoms with Gasteiger partial charge in [-0.2, -0.15) is 0 Å². The van der Waals surface area contributed by atoms with Gasteiger partial charge in [0.05, 0.1) is 11.3 Å². The van der Waals surface area contributed by atoms with Crippen molar-refractivity contribution in [2.24, 2.45) is 0 Å². The predicted molar refractivity (Wildman–Crippen MR) is 89.5 cm³/mol. The number of anilines is 1. The molecule has 3 aromatic rings. The second-order valence-corrected chi connectivity index (χ2v) is 5.80. The van der Waals surface area contributed by atoms with Crippen LogP contribution in [0.1, 0.15) is 10.4 Å². The van der Waals surface area contributed by atoms with Crippen LogP contribution < -0.4 is 5.32 Å². The van der Waals surface area contributed by atoms with E-state index >= 15 is 0 Å². The summed E-state index contributed by atoms with van der Waals surface area (Å²) in [5, 5.41) is 2.45. The highest BCUT2D eigenvalue weighted by atomic mass is 79.9. The van der Waals surface area contributed by atoms with Gasteiger partial charge in [0.25, 0.3) is 5.91 Å². The molecule has 0 radical (unpaired) electrons. The van der Waals surface area contributed by atoms with Crippen LogP contribution in [-0.2, 0) is 0 Å². The number of amides is 1. The average Bonchev–Trinajstić information content (AvgIpc) is 2.57. The molecule has 0 atom stereocenters. The van der Waals surface area contributed by atoms with E-state index in [1.54, 1.807) is 18.2 Å². The molecule has 0 fully saturated rings. The van der Waals surface area contributed by atoms with E-state index in [1.807, 2.05) is 0 Å². The molecular weight excluding hydrogens is 380 g/mol. The molecule has 24 heavy (non-hydrogen) atoms. The van der Waals surface area contributed by atoms with Crippen LogP contribution in [0.25, 0.3) is 11.4 Å². The zero-order chi connectivity index (χ0) is 17.1. The molecule has 0 aliphatic rings. The molecule has 7 heteroatoms. The second-order valence-electron chi connectivity index (χ2n) is 4.88. The summed E-state index contributed by atoms with van der Waals surface area (Å²) in [7, 11) is 0. The Hall–Kier alpha value is -2.67. The summed E-state index contributed by atoms with van der Waals surface area (Å²) in [6.07, 6.45) is 2.61. The number of hydrogen-bond donors (Lipinski definition) is 1. The third kappa shape index (κ3) is 3.62. The number of carbonyl (C=O) groups is 1. The normalized spacial score (nSPS) is 10.5. The minimum atomic E-state index is -0.560. The maximum atomic E-state index is 13.7. The Balaban J connectivity index is 1.79. The third-order valence-electron chi connectivity index (χ3n) is 3.18. The smallest absolute Gasteiger partial charge is 0.258 e. The van der Waals surface area contributed by atoms with Gasteiger partial charge in [-0.05, 0) is 30.3 Å². The summed E-state index contributed by atoms with van der Waals surface area (Å²) in [6.45, 7) is 0. The summed E-state index contributed by atoms with van der Waals surface area (Å²) in [6, 6.07) is 10.1. The van der Waals surface area contributed by atoms with Crippen molar-refractivity contribution in [1.29, 1.82) is 0 Å². The zero-order valence-electron chi connectivity index (χ0n) is 12.1. The number of carbonyl (C=O) groups excluding carboxylic acids is 1. The molecule has 3 rings (SSSR count). The van der Waals surface area contributed by atoms with E-state index in [2.05, 4.69) is 31.2 Å². The molecule has 0 aliphatic carbocycles. The molecule has 1 heterocycles. The van der Waals surface area contributed by atoms with Crippen molar-refractivity contribution in [3.05, 3.63) is 76.5 Å². The van der Waals surface area contributed by atoms with Crippen LogP contribution in [0.15, 0.2) is 59.3 Å². The van der Waals surface area contributed by atoms with Crippen molar-refractivity contribution in [1.82, 2.24) is 9.97 Å². The molecule has 0 spiro atoms. The highest BCUT2D eigenvalue weighted by molar-refractivity contribution is 9.10. The van der Waals surface area contributed by atoms with Gasteiger partial charge in [0.1, 0.15) is 11.6 Å². The molecule has 2 aromatic carbocycles. The van der Waals surface area contributed by atoms with Crippen molar-refractivity contribution >= 4 is 27.5 Å². The van der Waals surface area contributed by atoms with Crippen molar-refractivity contribution < 1.29 is 13.6 Å². The number of nitrogens with zero attached hydrogens (tertiary/aromatic N) is 2. The standard InChI is InChI=1S/C17H10BrF2N3O/c18-12-4-5-15(14(20)7-12)23-17(24)11-8-21-16(22-9-11)10-2-1-3-13(19)6-10/h1-9H,(H,23,24). The molecule has 0 bridgehead atoms. The number of rotatable bonds is 3. The minimum Gasteiger partial charge on any atom is -0.319 e. The molecule has 0 unspecified atom stereocenters. The molecular formula is C17H10BrF2N3O. The molecule has 1 amide bonds. The fourth-order valence-electron chi connectivity index (χ4n) is 2.01. The van der Waals surface area contributed by atoms with Gasteiger partial charge in [0.2, 0.25) is 0 Å². The predicted octanol–water partition coefficient (Wildman–Crippen LogP) is 4.44. The Bertz CT molecular complexity index is 901. The highest BCUT2D eigenvalue weighted by Crippen LogP contribution is 2.20. The van der Waals surface area contributed by atoms with Crippen molar-refractivity contribution in [2.45, 2.75) is 0 Å². The monoisotopic (exact) mass is 389 g/mol. The molecule has 0 saturated heterocycles. The van der Waals surface area contributed by atoms with Crippen LogP contribution in [0.2, 0.25) is 0 Å². The van der Waals surface area contributed by atoms with E-state index in [4.69, 9.17) is 0 Å². The number of benzene rings is 2. The Kier molecular flexibility index (Phi) is 4.61. The number of hydrogen-bond acceptors (Lipinski definition) is 3. The van der Waals surface area contributed by atoms with Gasteiger partial charge in [0.15, 0.2) is 5.82 Å². The lowest BCUT2D eigenvalue weighted by molar-refractivity contribution is 0.102. The van der Waals surface area contributed by atoms with Crippen molar-refractivity contribution in [2.75, 3.05) is 5.32 Å². The van der Waals surface area contributed by atoms with Crippen LogP contribution in [0.4, 0.5) is 14.5 Å². The van der Waals surface area contributed by atoms with Gasteiger partial charge >= 0.3 is 0 Å². The molecule has 0 aliphatic heterocycles. The molecule has 4 nitrogen and oxygen atoms in total. The van der Waals surface area contributed by atoms with Crippen LogP contribution in [0.5, 0.6) is 0 Å². The molecule has 1 aromatic heterocycles. The lowest BCUT2D eigenvalue weighted by atomic mass is 10.2. The quantitative estimate of drug-likeness (QED) is 0.720. The maximum absolute atomic E-state index is 13.7. The first-order chi connectivity index (χ1) is 11.5. The lowest BCUT2D eigenvalue weighted by Crippen LogP contribution is -2.13. The number of nitrogens with one attached hydrogen (secondary N) is 1. The van der Waals surface area contributed by atoms with E-state index in [-0.39, 0.29) is 11.3 Å². The van der Waals surface area contributed by atoms with Gasteiger partial charge in [-0.3, -0.25) is 4.79 Å². The van der Waals surface area contributed by atoms with E-state index in [0.29, 0.717) is 15.9 Å². The lowest BCUT2D eigenvalue weighted by Gasteiger charge is -2.07. The van der Waals surface area contributed by atoms with Crippen molar-refractivity contribution in [3.8, 4) is 11.4 Å². The molecule has 0 saturated carbocycles. The first-order valence-corrected chi connectivity index (χ1v) is 7.66. The van der Waals surface area contributed by atoms with Gasteiger partial charge < -0.3 is 5.32 Å². The van der Waals surface area contributed by atoms with Crippen LogP contribution in [0.3, 0.4) is 0 Å². The van der Waals surface area contributed by atoms with Crippen molar-refractivity contribution in [3.63, 3.8) is 0 Å². The van der Waals surface area contributed by atoms with Gasteiger partial charge in [-0.15, -0.1) is 0 Å². The summed E-state index contributed by atoms with van der Waals surface area (Å²) in [5.74, 6) is -1.21. The van der Waals surface area contributed by atoms with Crippen LogP contribution in [0, 0.1) is 11.6 Å². The minimum absolute atomic E-state index is 0.0532. The summed E-state index contributed by atoms with van der Waals surface area (Å²) >= 11 is 3.14. The van der Waals surface area contributed by atoms with E-state index in [0.717, 1.165) is 0 Å². The SMILES string of the molecule is O=C(Nc1ccc(Br)cc1F)c1cnc(-c2cccc(F)c2)nc1. The van der Waals surface area contributed by atoms with Crippen LogP contribution in [-0.4, -0.2) is 15.9 Å². The first kappa shape index (κ1) is 16.2. The Morgan fingerprint density at radius 1 is 1.04 bits per heavy atom. The van der Waals surface area contributed by atoms with E-state index < -0.39 is 17.5 Å².